The van der Waals surface area contributed by atoms with Gasteiger partial charge in [-0.15, -0.1) is 0 Å². The number of Topliss-reactive ketones (excluding diaryl/α,β-unsaturated/α-hetero) is 1. The van der Waals surface area contributed by atoms with Crippen LogP contribution in [-0.2, 0) is 14.4 Å². The highest BCUT2D eigenvalue weighted by Crippen LogP contribution is 2.47. The van der Waals surface area contributed by atoms with Gasteiger partial charge in [0.1, 0.15) is 0 Å². The molecule has 2 atom stereocenters. The Morgan fingerprint density at radius 1 is 0.973 bits per heavy atom. The van der Waals surface area contributed by atoms with Gasteiger partial charge in [0.25, 0.3) is 0 Å². The van der Waals surface area contributed by atoms with Crippen molar-refractivity contribution >= 4 is 40.6 Å². The molecule has 3 aromatic rings. The van der Waals surface area contributed by atoms with Gasteiger partial charge < -0.3 is 15.2 Å². The third-order valence-electron chi connectivity index (χ3n) is 7.01. The molecule has 0 fully saturated rings. The van der Waals surface area contributed by atoms with Crippen LogP contribution in [0.15, 0.2) is 84.1 Å². The summed E-state index contributed by atoms with van der Waals surface area (Å²) in [4.78, 5) is 40.3. The van der Waals surface area contributed by atoms with Crippen LogP contribution in [-0.4, -0.2) is 17.7 Å². The van der Waals surface area contributed by atoms with Gasteiger partial charge in [-0.1, -0.05) is 65.7 Å². The Kier molecular flexibility index (Phi) is 6.85. The van der Waals surface area contributed by atoms with Crippen LogP contribution in [0.1, 0.15) is 54.3 Å². The second-order valence-corrected chi connectivity index (χ2v) is 10.0. The molecule has 1 aliphatic heterocycles. The number of hydrogen-bond donors (Lipinski definition) is 1. The highest BCUT2D eigenvalue weighted by atomic mass is 35.5. The molecule has 37 heavy (non-hydrogen) atoms. The van der Waals surface area contributed by atoms with E-state index in [4.69, 9.17) is 11.6 Å². The predicted octanol–water partition coefficient (Wildman–Crippen LogP) is 5.08. The molecule has 1 aliphatic carbocycles. The first-order valence-electron chi connectivity index (χ1n) is 12.3. The zero-order valence-electron chi connectivity index (χ0n) is 20.4. The number of anilines is 2. The molecule has 7 heteroatoms. The van der Waals surface area contributed by atoms with Crippen LogP contribution in [0, 0.1) is 6.92 Å². The first-order valence-corrected chi connectivity index (χ1v) is 12.7. The van der Waals surface area contributed by atoms with Gasteiger partial charge in [-0.25, -0.2) is 0 Å². The zero-order valence-corrected chi connectivity index (χ0v) is 21.1. The number of aryl methyl sites for hydroxylation is 1. The summed E-state index contributed by atoms with van der Waals surface area (Å²) in [5.74, 6) is -1.81. The summed E-state index contributed by atoms with van der Waals surface area (Å²) in [6.45, 7) is 1.97. The number of carboxylic acid groups (broad SMARTS) is 1. The lowest BCUT2D eigenvalue weighted by molar-refractivity contribution is -0.305. The van der Waals surface area contributed by atoms with Crippen molar-refractivity contribution < 1.29 is 19.5 Å². The number of ketones is 1. The number of benzene rings is 3. The zero-order chi connectivity index (χ0) is 26.1. The maximum Gasteiger partial charge on any atom is 0.228 e. The van der Waals surface area contributed by atoms with Gasteiger partial charge in [-0.2, -0.15) is 0 Å². The van der Waals surface area contributed by atoms with Crippen molar-refractivity contribution in [2.75, 3.05) is 10.2 Å². The molecule has 0 radical (unpaired) electrons. The number of carbonyl (C=O) groups is 3. The van der Waals surface area contributed by atoms with Crippen molar-refractivity contribution in [2.24, 2.45) is 0 Å². The van der Waals surface area contributed by atoms with E-state index in [0.717, 1.165) is 22.4 Å². The summed E-state index contributed by atoms with van der Waals surface area (Å²) < 4.78 is 0. The summed E-state index contributed by atoms with van der Waals surface area (Å²) in [5, 5.41) is 15.3. The third-order valence-corrected chi connectivity index (χ3v) is 7.25. The fourth-order valence-electron chi connectivity index (χ4n) is 5.26. The molecule has 0 saturated carbocycles. The molecule has 6 nitrogen and oxygen atoms in total. The minimum atomic E-state index is -1.29. The van der Waals surface area contributed by atoms with E-state index >= 15 is 0 Å². The lowest BCUT2D eigenvalue weighted by atomic mass is 9.78. The first-order chi connectivity index (χ1) is 17.8. The van der Waals surface area contributed by atoms with Crippen LogP contribution in [0.4, 0.5) is 11.4 Å². The summed E-state index contributed by atoms with van der Waals surface area (Å²) in [6, 6.07) is 22.0. The Morgan fingerprint density at radius 3 is 2.46 bits per heavy atom. The van der Waals surface area contributed by atoms with E-state index in [-0.39, 0.29) is 30.4 Å². The number of fused-ring (bicyclic) bond motifs is 1. The standard InChI is InChI=1S/C30H27ClN2O4/c1-18-9-11-19(12-10-18)30-29-24(16-21(17-26(29)34)20-5-4-6-22(31)15-20)32-23-7-2-3-8-25(23)33(30)27(35)13-14-28(36)37/h2-12,15,21,30,32H,13-14,16-17H2,1H3,(H,36,37)/p-1/t21-,30+/m1/s1. The molecule has 0 aromatic heterocycles. The first kappa shape index (κ1) is 24.8. The minimum Gasteiger partial charge on any atom is -0.550 e. The second kappa shape index (κ2) is 10.2. The van der Waals surface area contributed by atoms with Crippen molar-refractivity contribution in [3.05, 3.63) is 106 Å². The van der Waals surface area contributed by atoms with Crippen molar-refractivity contribution in [2.45, 2.75) is 44.6 Å². The van der Waals surface area contributed by atoms with Crippen LogP contribution in [0.3, 0.4) is 0 Å². The SMILES string of the molecule is Cc1ccc([C@H]2C3=C(C[C@@H](c4cccc(Cl)c4)CC3=O)Nc3ccccc3N2C(=O)CCC(=O)[O-])cc1. The molecule has 1 N–H and O–H groups in total. The highest BCUT2D eigenvalue weighted by molar-refractivity contribution is 6.30. The normalized spacial score (nSPS) is 19.0. The molecular weight excluding hydrogens is 488 g/mol. The Labute approximate surface area is 220 Å². The van der Waals surface area contributed by atoms with E-state index in [2.05, 4.69) is 5.32 Å². The van der Waals surface area contributed by atoms with Gasteiger partial charge in [-0.3, -0.25) is 14.5 Å². The number of allylic oxidation sites excluding steroid dienone is 1. The average Bonchev–Trinajstić information content (AvgIpc) is 3.02. The molecule has 0 spiro atoms. The maximum absolute atomic E-state index is 13.9. The largest absolute Gasteiger partial charge is 0.550 e. The number of amides is 1. The topological polar surface area (TPSA) is 89.5 Å². The van der Waals surface area contributed by atoms with Crippen LogP contribution in [0.5, 0.6) is 0 Å². The lowest BCUT2D eigenvalue weighted by Gasteiger charge is -2.35. The Hall–Kier alpha value is -3.90. The van der Waals surface area contributed by atoms with E-state index in [1.54, 1.807) is 4.90 Å². The van der Waals surface area contributed by atoms with Gasteiger partial charge in [0, 0.05) is 35.1 Å². The fourth-order valence-corrected chi connectivity index (χ4v) is 5.45. The number of aliphatic carboxylic acids is 1. The van der Waals surface area contributed by atoms with Gasteiger partial charge >= 0.3 is 0 Å². The van der Waals surface area contributed by atoms with Crippen molar-refractivity contribution in [3.8, 4) is 0 Å². The van der Waals surface area contributed by atoms with Crippen LogP contribution in [0.2, 0.25) is 5.02 Å². The van der Waals surface area contributed by atoms with E-state index in [9.17, 15) is 19.5 Å². The van der Waals surface area contributed by atoms with E-state index in [1.165, 1.54) is 0 Å². The summed E-state index contributed by atoms with van der Waals surface area (Å²) in [5.41, 5.74) is 5.39. The smallest absolute Gasteiger partial charge is 0.228 e. The number of nitrogens with zero attached hydrogens (tertiary/aromatic N) is 1. The van der Waals surface area contributed by atoms with Crippen molar-refractivity contribution in [3.63, 3.8) is 0 Å². The lowest BCUT2D eigenvalue weighted by Crippen LogP contribution is -2.39. The highest BCUT2D eigenvalue weighted by Gasteiger charge is 2.41. The Balaban J connectivity index is 1.68. The van der Waals surface area contributed by atoms with E-state index in [0.29, 0.717) is 28.4 Å². The summed E-state index contributed by atoms with van der Waals surface area (Å²) in [7, 11) is 0. The average molecular weight is 514 g/mol. The third kappa shape index (κ3) is 5.02. The molecular formula is C30H26ClN2O4-. The minimum absolute atomic E-state index is 0.0604. The number of carboxylic acids is 1. The molecule has 1 heterocycles. The molecule has 5 rings (SSSR count). The second-order valence-electron chi connectivity index (χ2n) is 9.57. The molecule has 0 saturated heterocycles. The molecule has 3 aromatic carbocycles. The molecule has 0 bridgehead atoms. The van der Waals surface area contributed by atoms with Crippen LogP contribution < -0.4 is 15.3 Å². The maximum atomic E-state index is 13.9. The predicted molar refractivity (Wildman–Crippen MR) is 141 cm³/mol. The summed E-state index contributed by atoms with van der Waals surface area (Å²) in [6.07, 6.45) is 0.211. The number of halogens is 1. The van der Waals surface area contributed by atoms with Crippen molar-refractivity contribution in [1.29, 1.82) is 0 Å². The number of para-hydroxylation sites is 2. The van der Waals surface area contributed by atoms with Gasteiger partial charge in [0.15, 0.2) is 5.78 Å². The van der Waals surface area contributed by atoms with Crippen LogP contribution >= 0.6 is 11.6 Å². The van der Waals surface area contributed by atoms with Crippen molar-refractivity contribution in [1.82, 2.24) is 0 Å². The Morgan fingerprint density at radius 2 is 1.73 bits per heavy atom. The van der Waals surface area contributed by atoms with Gasteiger partial charge in [-0.05, 0) is 61.1 Å². The number of rotatable bonds is 5. The molecule has 1 amide bonds. The van der Waals surface area contributed by atoms with Gasteiger partial charge in [0.05, 0.1) is 17.4 Å². The number of nitrogens with one attached hydrogen (secondary N) is 1. The van der Waals surface area contributed by atoms with E-state index < -0.39 is 18.4 Å². The number of hydrogen-bond acceptors (Lipinski definition) is 5. The van der Waals surface area contributed by atoms with E-state index in [1.807, 2.05) is 79.7 Å². The molecule has 0 unspecified atom stereocenters. The number of carbonyl (C=O) groups excluding carboxylic acids is 3. The fraction of sp³-hybridized carbons (Fsp3) is 0.233. The quantitative estimate of drug-likeness (QED) is 0.514. The molecule has 188 valence electrons. The summed E-state index contributed by atoms with van der Waals surface area (Å²) >= 11 is 6.25. The monoisotopic (exact) mass is 513 g/mol. The van der Waals surface area contributed by atoms with Crippen LogP contribution in [0.25, 0.3) is 0 Å². The molecule has 2 aliphatic rings. The van der Waals surface area contributed by atoms with Gasteiger partial charge in [0.2, 0.25) is 5.91 Å². The Bertz CT molecular complexity index is 1410.